The molecule has 2 amide bonds. The second-order valence-electron chi connectivity index (χ2n) is 8.74. The minimum absolute atomic E-state index is 0.0182. The number of aryl methyl sites for hydroxylation is 1. The van der Waals surface area contributed by atoms with E-state index in [1.54, 1.807) is 23.5 Å². The predicted octanol–water partition coefficient (Wildman–Crippen LogP) is 3.47. The number of fused-ring (bicyclic) bond motifs is 1. The van der Waals surface area contributed by atoms with Crippen molar-refractivity contribution in [1.82, 2.24) is 9.88 Å². The molecule has 0 spiro atoms. The number of carbonyl (C=O) groups excluding carboxylic acids is 2. The van der Waals surface area contributed by atoms with Crippen molar-refractivity contribution in [3.05, 3.63) is 40.7 Å². The quantitative estimate of drug-likeness (QED) is 0.788. The number of hydrogen-bond acceptors (Lipinski definition) is 5. The Morgan fingerprint density at radius 3 is 2.45 bits per heavy atom. The Labute approximate surface area is 185 Å². The van der Waals surface area contributed by atoms with E-state index in [2.05, 4.69) is 10.2 Å². The number of carbonyl (C=O) groups is 2. The Morgan fingerprint density at radius 2 is 1.77 bits per heavy atom. The van der Waals surface area contributed by atoms with Gasteiger partial charge in [0.15, 0.2) is 5.13 Å². The topological polar surface area (TPSA) is 65.5 Å². The number of amides is 2. The van der Waals surface area contributed by atoms with Crippen LogP contribution in [-0.4, -0.2) is 47.9 Å². The molecule has 1 N–H and O–H groups in total. The summed E-state index contributed by atoms with van der Waals surface area (Å²) in [5, 5.41) is 3.92. The van der Waals surface area contributed by atoms with Gasteiger partial charge in [-0.15, -0.1) is 11.3 Å². The summed E-state index contributed by atoms with van der Waals surface area (Å²) >= 11 is 1.68. The first kappa shape index (κ1) is 20.4. The molecule has 1 saturated heterocycles. The normalized spacial score (nSPS) is 21.4. The third-order valence-electron chi connectivity index (χ3n) is 6.73. The molecule has 5 rings (SSSR count). The first-order chi connectivity index (χ1) is 15.1. The number of hydrogen-bond donors (Lipinski definition) is 1. The molecular formula is C23H27FN4O2S. The van der Waals surface area contributed by atoms with Crippen LogP contribution >= 0.6 is 11.3 Å². The van der Waals surface area contributed by atoms with Crippen LogP contribution in [0.25, 0.3) is 0 Å². The van der Waals surface area contributed by atoms with Crippen LogP contribution in [0.4, 0.5) is 15.2 Å². The zero-order valence-electron chi connectivity index (χ0n) is 17.5. The molecule has 3 aliphatic rings. The van der Waals surface area contributed by atoms with Crippen LogP contribution < -0.4 is 10.2 Å². The average molecular weight is 443 g/mol. The van der Waals surface area contributed by atoms with Gasteiger partial charge in [-0.1, -0.05) is 6.42 Å². The Balaban J connectivity index is 1.18. The number of benzene rings is 1. The fraction of sp³-hybridized carbons (Fsp3) is 0.522. The maximum absolute atomic E-state index is 13.1. The van der Waals surface area contributed by atoms with E-state index in [0.29, 0.717) is 18.0 Å². The van der Waals surface area contributed by atoms with Crippen LogP contribution in [0.2, 0.25) is 0 Å². The second kappa shape index (κ2) is 8.57. The summed E-state index contributed by atoms with van der Waals surface area (Å²) < 4.78 is 13.1. The van der Waals surface area contributed by atoms with E-state index in [1.165, 1.54) is 23.4 Å². The maximum Gasteiger partial charge on any atom is 0.227 e. The molecule has 1 aromatic carbocycles. The lowest BCUT2D eigenvalue weighted by atomic mass is 9.84. The largest absolute Gasteiger partial charge is 0.345 e. The summed E-state index contributed by atoms with van der Waals surface area (Å²) in [6.07, 6.45) is 5.55. The highest BCUT2D eigenvalue weighted by molar-refractivity contribution is 7.15. The van der Waals surface area contributed by atoms with Crippen molar-refractivity contribution >= 4 is 34.0 Å². The monoisotopic (exact) mass is 442 g/mol. The van der Waals surface area contributed by atoms with Gasteiger partial charge in [0.1, 0.15) is 5.82 Å². The van der Waals surface area contributed by atoms with Gasteiger partial charge >= 0.3 is 0 Å². The van der Waals surface area contributed by atoms with Crippen LogP contribution in [0.15, 0.2) is 24.3 Å². The van der Waals surface area contributed by atoms with Gasteiger partial charge in [-0.25, -0.2) is 9.37 Å². The van der Waals surface area contributed by atoms with E-state index in [9.17, 15) is 14.0 Å². The molecular weight excluding hydrogens is 415 g/mol. The smallest absolute Gasteiger partial charge is 0.227 e. The lowest BCUT2D eigenvalue weighted by molar-refractivity contribution is -0.138. The van der Waals surface area contributed by atoms with Crippen LogP contribution in [0.5, 0.6) is 0 Å². The van der Waals surface area contributed by atoms with Gasteiger partial charge in [-0.2, -0.15) is 0 Å². The summed E-state index contributed by atoms with van der Waals surface area (Å²) in [4.78, 5) is 35.5. The van der Waals surface area contributed by atoms with Gasteiger partial charge in [-0.3, -0.25) is 9.59 Å². The number of halogens is 1. The molecule has 2 fully saturated rings. The van der Waals surface area contributed by atoms with Crippen molar-refractivity contribution in [1.29, 1.82) is 0 Å². The van der Waals surface area contributed by atoms with Gasteiger partial charge in [0.25, 0.3) is 0 Å². The minimum Gasteiger partial charge on any atom is -0.345 e. The predicted molar refractivity (Wildman–Crippen MR) is 119 cm³/mol. The highest BCUT2D eigenvalue weighted by atomic mass is 32.1. The van der Waals surface area contributed by atoms with E-state index >= 15 is 0 Å². The second-order valence-corrected chi connectivity index (χ2v) is 9.80. The Morgan fingerprint density at radius 1 is 1.03 bits per heavy atom. The molecule has 1 unspecified atom stereocenters. The van der Waals surface area contributed by atoms with Crippen LogP contribution in [0.1, 0.15) is 36.3 Å². The number of piperazine rings is 1. The lowest BCUT2D eigenvalue weighted by Gasteiger charge is -2.38. The molecule has 6 nitrogen and oxygen atoms in total. The van der Waals surface area contributed by atoms with Crippen molar-refractivity contribution in [3.8, 4) is 0 Å². The van der Waals surface area contributed by atoms with Gasteiger partial charge < -0.3 is 15.1 Å². The van der Waals surface area contributed by atoms with Crippen molar-refractivity contribution in [2.24, 2.45) is 11.8 Å². The molecule has 31 heavy (non-hydrogen) atoms. The summed E-state index contributed by atoms with van der Waals surface area (Å²) in [6, 6.07) is 5.87. The summed E-state index contributed by atoms with van der Waals surface area (Å²) in [6.45, 7) is 3.17. The number of thiazole rings is 1. The van der Waals surface area contributed by atoms with Crippen LogP contribution in [-0.2, 0) is 22.4 Å². The summed E-state index contributed by atoms with van der Waals surface area (Å²) in [5.74, 6) is 0.167. The molecule has 8 heteroatoms. The van der Waals surface area contributed by atoms with Crippen molar-refractivity contribution in [2.45, 2.75) is 38.5 Å². The molecule has 1 aromatic heterocycles. The Hall–Kier alpha value is -2.48. The molecule has 2 aromatic rings. The summed E-state index contributed by atoms with van der Waals surface area (Å²) in [5.41, 5.74) is 1.73. The molecule has 0 radical (unpaired) electrons. The van der Waals surface area contributed by atoms with E-state index < -0.39 is 0 Å². The van der Waals surface area contributed by atoms with Crippen LogP contribution in [0.3, 0.4) is 0 Å². The van der Waals surface area contributed by atoms with E-state index in [0.717, 1.165) is 62.7 Å². The average Bonchev–Trinajstić information content (AvgIpc) is 3.17. The van der Waals surface area contributed by atoms with E-state index in [-0.39, 0.29) is 23.6 Å². The number of nitrogens with one attached hydrogen (secondary N) is 1. The van der Waals surface area contributed by atoms with Gasteiger partial charge in [-0.05, 0) is 56.4 Å². The first-order valence-corrected chi connectivity index (χ1v) is 12.0. The third kappa shape index (κ3) is 4.31. The Kier molecular flexibility index (Phi) is 5.65. The van der Waals surface area contributed by atoms with E-state index in [4.69, 9.17) is 4.98 Å². The Bertz CT molecular complexity index is 964. The number of anilines is 2. The number of nitrogens with zero attached hydrogens (tertiary/aromatic N) is 3. The van der Waals surface area contributed by atoms with Crippen molar-refractivity contribution < 1.29 is 14.0 Å². The standard InChI is InChI=1S/C23H27FN4O2S/c24-17-5-7-18(8-6-17)25-21(29)16-4-9-19-20(14-16)31-23(26-19)28-12-10-27(11-13-28)22(30)15-2-1-3-15/h5-8,15-16H,1-4,9-14H2,(H,25,29). The molecule has 2 heterocycles. The highest BCUT2D eigenvalue weighted by Crippen LogP contribution is 2.35. The zero-order valence-corrected chi connectivity index (χ0v) is 18.3. The molecule has 1 aliphatic heterocycles. The number of aromatic nitrogens is 1. The minimum atomic E-state index is -0.314. The fourth-order valence-electron chi connectivity index (χ4n) is 4.53. The molecule has 0 bridgehead atoms. The molecule has 2 aliphatic carbocycles. The first-order valence-electron chi connectivity index (χ1n) is 11.2. The van der Waals surface area contributed by atoms with Crippen LogP contribution in [0, 0.1) is 17.7 Å². The third-order valence-corrected chi connectivity index (χ3v) is 7.91. The molecule has 1 atom stereocenters. The molecule has 164 valence electrons. The lowest BCUT2D eigenvalue weighted by Crippen LogP contribution is -2.51. The highest BCUT2D eigenvalue weighted by Gasteiger charge is 2.33. The van der Waals surface area contributed by atoms with Gasteiger partial charge in [0.05, 0.1) is 5.69 Å². The molecule has 1 saturated carbocycles. The summed E-state index contributed by atoms with van der Waals surface area (Å²) in [7, 11) is 0. The van der Waals surface area contributed by atoms with Crippen molar-refractivity contribution in [2.75, 3.05) is 36.4 Å². The zero-order chi connectivity index (χ0) is 21.4. The van der Waals surface area contributed by atoms with Gasteiger partial charge in [0.2, 0.25) is 11.8 Å². The van der Waals surface area contributed by atoms with Crippen molar-refractivity contribution in [3.63, 3.8) is 0 Å². The maximum atomic E-state index is 13.1. The SMILES string of the molecule is O=C(Nc1ccc(F)cc1)C1CCc2nc(N3CCN(C(=O)C4CCC4)CC3)sc2C1. The van der Waals surface area contributed by atoms with Gasteiger partial charge in [0, 0.05) is 48.6 Å². The van der Waals surface area contributed by atoms with E-state index in [1.807, 2.05) is 4.90 Å². The number of rotatable bonds is 4. The fourth-order valence-corrected chi connectivity index (χ4v) is 5.77.